The van der Waals surface area contributed by atoms with Crippen molar-refractivity contribution in [3.8, 4) is 11.4 Å². The summed E-state index contributed by atoms with van der Waals surface area (Å²) in [5.41, 5.74) is 7.11. The standard InChI is InChI=1S/C14H10F3N3/c15-14(16,17)9-2-1-8-5-13(20-12(8)6-9)11-4-3-10(18)7-19-11/h1-7,20H,18H2. The first-order valence-electron chi connectivity index (χ1n) is 5.85. The lowest BCUT2D eigenvalue weighted by Crippen LogP contribution is -2.03. The van der Waals surface area contributed by atoms with E-state index in [0.29, 0.717) is 28.0 Å². The summed E-state index contributed by atoms with van der Waals surface area (Å²) < 4.78 is 37.9. The number of benzene rings is 1. The first kappa shape index (κ1) is 12.5. The molecule has 0 atom stereocenters. The zero-order valence-electron chi connectivity index (χ0n) is 10.2. The number of aromatic amines is 1. The van der Waals surface area contributed by atoms with Crippen LogP contribution in [-0.2, 0) is 6.18 Å². The number of pyridine rings is 1. The zero-order valence-corrected chi connectivity index (χ0v) is 10.2. The van der Waals surface area contributed by atoms with Gasteiger partial charge in [0.2, 0.25) is 0 Å². The lowest BCUT2D eigenvalue weighted by Gasteiger charge is -2.05. The van der Waals surface area contributed by atoms with Crippen molar-refractivity contribution in [2.24, 2.45) is 0 Å². The van der Waals surface area contributed by atoms with E-state index in [0.717, 1.165) is 12.1 Å². The van der Waals surface area contributed by atoms with E-state index in [4.69, 9.17) is 5.73 Å². The number of H-pyrrole nitrogens is 1. The fourth-order valence-electron chi connectivity index (χ4n) is 2.01. The molecule has 0 fully saturated rings. The monoisotopic (exact) mass is 277 g/mol. The average Bonchev–Trinajstić information content (AvgIpc) is 2.81. The number of aromatic nitrogens is 2. The van der Waals surface area contributed by atoms with E-state index in [9.17, 15) is 13.2 Å². The molecule has 1 aromatic carbocycles. The summed E-state index contributed by atoms with van der Waals surface area (Å²) in [4.78, 5) is 7.08. The molecule has 0 amide bonds. The van der Waals surface area contributed by atoms with Gasteiger partial charge in [-0.2, -0.15) is 13.2 Å². The van der Waals surface area contributed by atoms with Crippen molar-refractivity contribution in [1.29, 1.82) is 0 Å². The van der Waals surface area contributed by atoms with Gasteiger partial charge < -0.3 is 10.7 Å². The Morgan fingerprint density at radius 3 is 2.50 bits per heavy atom. The van der Waals surface area contributed by atoms with E-state index in [2.05, 4.69) is 9.97 Å². The van der Waals surface area contributed by atoms with Crippen molar-refractivity contribution in [2.45, 2.75) is 6.18 Å². The molecule has 0 spiro atoms. The number of hydrogen-bond acceptors (Lipinski definition) is 2. The summed E-state index contributed by atoms with van der Waals surface area (Å²) in [5.74, 6) is 0. The molecule has 0 bridgehead atoms. The molecule has 2 aromatic heterocycles. The summed E-state index contributed by atoms with van der Waals surface area (Å²) >= 11 is 0. The molecule has 20 heavy (non-hydrogen) atoms. The van der Waals surface area contributed by atoms with Crippen molar-refractivity contribution in [2.75, 3.05) is 5.73 Å². The number of halogens is 3. The maximum absolute atomic E-state index is 12.6. The number of rotatable bonds is 1. The second kappa shape index (κ2) is 4.26. The maximum atomic E-state index is 12.6. The zero-order chi connectivity index (χ0) is 14.3. The van der Waals surface area contributed by atoms with E-state index in [1.165, 1.54) is 12.3 Å². The number of nitrogens with one attached hydrogen (secondary N) is 1. The third-order valence-electron chi connectivity index (χ3n) is 3.01. The highest BCUT2D eigenvalue weighted by Crippen LogP contribution is 2.32. The average molecular weight is 277 g/mol. The number of nitrogens with zero attached hydrogens (tertiary/aromatic N) is 1. The van der Waals surface area contributed by atoms with Crippen molar-refractivity contribution < 1.29 is 13.2 Å². The second-order valence-corrected chi connectivity index (χ2v) is 4.46. The summed E-state index contributed by atoms with van der Waals surface area (Å²) in [5, 5.41) is 0.701. The Bertz CT molecular complexity index is 757. The van der Waals surface area contributed by atoms with Gasteiger partial charge in [0.25, 0.3) is 0 Å². The minimum Gasteiger partial charge on any atom is -0.397 e. The van der Waals surface area contributed by atoms with Gasteiger partial charge in [-0.3, -0.25) is 4.98 Å². The van der Waals surface area contributed by atoms with Crippen molar-refractivity contribution in [1.82, 2.24) is 9.97 Å². The summed E-state index contributed by atoms with van der Waals surface area (Å²) in [7, 11) is 0. The molecule has 0 aliphatic carbocycles. The van der Waals surface area contributed by atoms with Gasteiger partial charge in [0.15, 0.2) is 0 Å². The molecule has 0 saturated carbocycles. The van der Waals surface area contributed by atoms with E-state index in [-0.39, 0.29) is 0 Å². The first-order chi connectivity index (χ1) is 9.43. The fourth-order valence-corrected chi connectivity index (χ4v) is 2.01. The first-order valence-corrected chi connectivity index (χ1v) is 5.85. The summed E-state index contributed by atoms with van der Waals surface area (Å²) in [6.45, 7) is 0. The molecule has 0 saturated heterocycles. The second-order valence-electron chi connectivity index (χ2n) is 4.46. The van der Waals surface area contributed by atoms with Crippen LogP contribution in [-0.4, -0.2) is 9.97 Å². The smallest absolute Gasteiger partial charge is 0.397 e. The molecule has 0 aliphatic rings. The van der Waals surface area contributed by atoms with Crippen LogP contribution in [0.2, 0.25) is 0 Å². The van der Waals surface area contributed by atoms with E-state index in [1.54, 1.807) is 18.2 Å². The van der Waals surface area contributed by atoms with Crippen LogP contribution in [0, 0.1) is 0 Å². The van der Waals surface area contributed by atoms with Crippen LogP contribution in [0.1, 0.15) is 5.56 Å². The minimum absolute atomic E-state index is 0.424. The van der Waals surface area contributed by atoms with Gasteiger partial charge in [-0.15, -0.1) is 0 Å². The molecular weight excluding hydrogens is 267 g/mol. The van der Waals surface area contributed by atoms with Crippen LogP contribution in [0.4, 0.5) is 18.9 Å². The number of alkyl halides is 3. The van der Waals surface area contributed by atoms with Gasteiger partial charge >= 0.3 is 6.18 Å². The number of fused-ring (bicyclic) bond motifs is 1. The third-order valence-corrected chi connectivity index (χ3v) is 3.01. The molecule has 3 aromatic rings. The molecular formula is C14H10F3N3. The minimum atomic E-state index is -4.35. The van der Waals surface area contributed by atoms with Crippen molar-refractivity contribution in [3.63, 3.8) is 0 Å². The molecule has 3 nitrogen and oxygen atoms in total. The highest BCUT2D eigenvalue weighted by atomic mass is 19.4. The Balaban J connectivity index is 2.09. The largest absolute Gasteiger partial charge is 0.416 e. The molecule has 2 heterocycles. The summed E-state index contributed by atoms with van der Waals surface area (Å²) in [6, 6.07) is 8.76. The Kier molecular flexibility index (Phi) is 2.67. The van der Waals surface area contributed by atoms with E-state index < -0.39 is 11.7 Å². The quantitative estimate of drug-likeness (QED) is 0.710. The lowest BCUT2D eigenvalue weighted by molar-refractivity contribution is -0.137. The number of nitrogens with two attached hydrogens (primary N) is 1. The highest BCUT2D eigenvalue weighted by Gasteiger charge is 2.30. The van der Waals surface area contributed by atoms with Crippen molar-refractivity contribution in [3.05, 3.63) is 48.2 Å². The van der Waals surface area contributed by atoms with E-state index in [1.807, 2.05) is 0 Å². The third kappa shape index (κ3) is 2.20. The molecule has 3 rings (SSSR count). The van der Waals surface area contributed by atoms with Crippen LogP contribution in [0.25, 0.3) is 22.3 Å². The molecule has 0 radical (unpaired) electrons. The van der Waals surface area contributed by atoms with Gasteiger partial charge in [0.1, 0.15) is 0 Å². The van der Waals surface area contributed by atoms with Crippen LogP contribution < -0.4 is 5.73 Å². The Hall–Kier alpha value is -2.50. The van der Waals surface area contributed by atoms with Gasteiger partial charge in [-0.1, -0.05) is 6.07 Å². The Morgan fingerprint density at radius 2 is 1.85 bits per heavy atom. The van der Waals surface area contributed by atoms with Crippen LogP contribution in [0.5, 0.6) is 0 Å². The van der Waals surface area contributed by atoms with Gasteiger partial charge in [0, 0.05) is 10.9 Å². The maximum Gasteiger partial charge on any atom is 0.416 e. The van der Waals surface area contributed by atoms with Crippen LogP contribution in [0.3, 0.4) is 0 Å². The van der Waals surface area contributed by atoms with Crippen LogP contribution in [0.15, 0.2) is 42.6 Å². The van der Waals surface area contributed by atoms with Gasteiger partial charge in [-0.05, 0) is 30.3 Å². The molecule has 102 valence electrons. The molecule has 0 unspecified atom stereocenters. The molecule has 0 aliphatic heterocycles. The predicted octanol–water partition coefficient (Wildman–Crippen LogP) is 3.83. The number of nitrogen functional groups attached to an aromatic ring is 1. The van der Waals surface area contributed by atoms with Crippen molar-refractivity contribution >= 4 is 16.6 Å². The SMILES string of the molecule is Nc1ccc(-c2cc3ccc(C(F)(F)F)cc3[nH]2)nc1. The van der Waals surface area contributed by atoms with Gasteiger partial charge in [0.05, 0.1) is 28.8 Å². The molecule has 3 N–H and O–H groups in total. The topological polar surface area (TPSA) is 54.7 Å². The summed E-state index contributed by atoms with van der Waals surface area (Å²) in [6.07, 6.45) is -2.85. The Labute approximate surface area is 112 Å². The predicted molar refractivity (Wildman–Crippen MR) is 70.9 cm³/mol. The number of hydrogen-bond donors (Lipinski definition) is 2. The molecule has 6 heteroatoms. The van der Waals surface area contributed by atoms with Crippen LogP contribution >= 0.6 is 0 Å². The fraction of sp³-hybridized carbons (Fsp3) is 0.0714. The highest BCUT2D eigenvalue weighted by molar-refractivity contribution is 5.85. The Morgan fingerprint density at radius 1 is 1.05 bits per heavy atom. The number of anilines is 1. The normalized spacial score (nSPS) is 11.9. The van der Waals surface area contributed by atoms with Gasteiger partial charge in [-0.25, -0.2) is 0 Å². The van der Waals surface area contributed by atoms with E-state index >= 15 is 0 Å². The lowest BCUT2D eigenvalue weighted by atomic mass is 10.1.